The van der Waals surface area contributed by atoms with E-state index in [9.17, 15) is 8.42 Å². The van der Waals surface area contributed by atoms with Crippen molar-refractivity contribution in [3.05, 3.63) is 60.0 Å². The molecule has 0 fully saturated rings. The first-order valence-corrected chi connectivity index (χ1v) is 12.3. The van der Waals surface area contributed by atoms with Crippen molar-refractivity contribution in [2.75, 3.05) is 24.7 Å². The molecular weight excluding hydrogens is 496 g/mol. The second-order valence-corrected chi connectivity index (χ2v) is 9.54. The fourth-order valence-corrected chi connectivity index (χ4v) is 4.74. The molecule has 35 heavy (non-hydrogen) atoms. The predicted molar refractivity (Wildman–Crippen MR) is 128 cm³/mol. The van der Waals surface area contributed by atoms with Crippen molar-refractivity contribution < 1.29 is 17.9 Å². The molecule has 4 aromatic heterocycles. The summed E-state index contributed by atoms with van der Waals surface area (Å²) in [4.78, 5) is 16.6. The van der Waals surface area contributed by atoms with Crippen LogP contribution in [0.15, 0.2) is 49.2 Å². The summed E-state index contributed by atoms with van der Waals surface area (Å²) in [6.45, 7) is 1.70. The molecule has 0 saturated heterocycles. The van der Waals surface area contributed by atoms with Gasteiger partial charge in [-0.25, -0.2) is 23.4 Å². The minimum atomic E-state index is -3.93. The monoisotopic (exact) mass is 516 g/mol. The zero-order valence-electron chi connectivity index (χ0n) is 19.0. The van der Waals surface area contributed by atoms with Crippen LogP contribution in [0.4, 0.5) is 5.95 Å². The summed E-state index contributed by atoms with van der Waals surface area (Å²) in [6, 6.07) is 5.11. The highest BCUT2D eigenvalue weighted by Crippen LogP contribution is 2.36. The Morgan fingerprint density at radius 2 is 1.83 bits per heavy atom. The number of rotatable bonds is 9. The molecule has 0 radical (unpaired) electrons. The SMILES string of the molecule is COc1ccnc(OC)c1-n1c(NS(=O)(=O)C[C@@H](C)c2ncc(Cl)cn2)nnc1-c1cccnc1. The molecule has 0 saturated carbocycles. The van der Waals surface area contributed by atoms with Gasteiger partial charge in [0.2, 0.25) is 21.9 Å². The molecule has 1 N–H and O–H groups in total. The Morgan fingerprint density at radius 3 is 2.49 bits per heavy atom. The minimum absolute atomic E-state index is 0.0855. The Bertz CT molecular complexity index is 1390. The van der Waals surface area contributed by atoms with Gasteiger partial charge in [-0.3, -0.25) is 14.3 Å². The van der Waals surface area contributed by atoms with E-state index in [1.165, 1.54) is 37.4 Å². The Labute approximate surface area is 206 Å². The molecule has 14 heteroatoms. The van der Waals surface area contributed by atoms with Crippen LogP contribution in [0.3, 0.4) is 0 Å². The normalized spacial score (nSPS) is 12.2. The van der Waals surface area contributed by atoms with E-state index in [1.807, 2.05) is 0 Å². The number of nitrogens with zero attached hydrogens (tertiary/aromatic N) is 7. The first-order valence-electron chi connectivity index (χ1n) is 10.2. The number of hydrogen-bond acceptors (Lipinski definition) is 10. The first-order chi connectivity index (χ1) is 16.8. The maximum Gasteiger partial charge on any atom is 0.243 e. The topological polar surface area (TPSA) is 147 Å². The Hall–Kier alpha value is -3.84. The average molecular weight is 517 g/mol. The predicted octanol–water partition coefficient (Wildman–Crippen LogP) is 2.73. The lowest BCUT2D eigenvalue weighted by molar-refractivity contribution is 0.379. The fourth-order valence-electron chi connectivity index (χ4n) is 3.34. The first kappa shape index (κ1) is 24.3. The van der Waals surface area contributed by atoms with E-state index < -0.39 is 15.9 Å². The number of halogens is 1. The highest BCUT2D eigenvalue weighted by atomic mass is 35.5. The number of methoxy groups -OCH3 is 2. The highest BCUT2D eigenvalue weighted by Gasteiger charge is 2.27. The number of pyridine rings is 2. The van der Waals surface area contributed by atoms with Crippen molar-refractivity contribution in [1.29, 1.82) is 0 Å². The molecule has 0 aliphatic heterocycles. The van der Waals surface area contributed by atoms with E-state index in [-0.39, 0.29) is 17.6 Å². The van der Waals surface area contributed by atoms with E-state index in [1.54, 1.807) is 37.5 Å². The van der Waals surface area contributed by atoms with E-state index in [2.05, 4.69) is 34.9 Å². The molecule has 0 bridgehead atoms. The molecule has 0 aliphatic rings. The van der Waals surface area contributed by atoms with Crippen LogP contribution < -0.4 is 14.2 Å². The number of sulfonamides is 1. The van der Waals surface area contributed by atoms with Crippen molar-refractivity contribution in [2.24, 2.45) is 0 Å². The Kier molecular flexibility index (Phi) is 7.07. The van der Waals surface area contributed by atoms with Gasteiger partial charge in [-0.2, -0.15) is 0 Å². The smallest absolute Gasteiger partial charge is 0.243 e. The Morgan fingerprint density at radius 1 is 1.06 bits per heavy atom. The van der Waals surface area contributed by atoms with Gasteiger partial charge in [0, 0.05) is 48.5 Å². The molecule has 4 aromatic rings. The number of nitrogens with one attached hydrogen (secondary N) is 1. The molecule has 1 atom stereocenters. The molecular formula is C21H21ClN8O4S. The van der Waals surface area contributed by atoms with Gasteiger partial charge in [-0.1, -0.05) is 18.5 Å². The maximum absolute atomic E-state index is 13.1. The molecule has 0 spiro atoms. The summed E-state index contributed by atoms with van der Waals surface area (Å²) in [6.07, 6.45) is 7.52. The zero-order chi connectivity index (χ0) is 25.0. The average Bonchev–Trinajstić information content (AvgIpc) is 3.26. The fraction of sp³-hybridized carbons (Fsp3) is 0.238. The van der Waals surface area contributed by atoms with Crippen molar-refractivity contribution in [2.45, 2.75) is 12.8 Å². The largest absolute Gasteiger partial charge is 0.494 e. The van der Waals surface area contributed by atoms with Crippen LogP contribution in [0.5, 0.6) is 11.6 Å². The summed E-state index contributed by atoms with van der Waals surface area (Å²) in [5, 5.41) is 8.68. The van der Waals surface area contributed by atoms with Crippen LogP contribution >= 0.6 is 11.6 Å². The summed E-state index contributed by atoms with van der Waals surface area (Å²) in [5.74, 6) is 0.259. The summed E-state index contributed by atoms with van der Waals surface area (Å²) in [7, 11) is -1.02. The lowest BCUT2D eigenvalue weighted by Gasteiger charge is -2.17. The third-order valence-corrected chi connectivity index (χ3v) is 6.50. The Balaban J connectivity index is 1.78. The van der Waals surface area contributed by atoms with E-state index >= 15 is 0 Å². The molecule has 0 aliphatic carbocycles. The molecule has 182 valence electrons. The summed E-state index contributed by atoms with van der Waals surface area (Å²) < 4.78 is 41.2. The number of anilines is 1. The van der Waals surface area contributed by atoms with Crippen LogP contribution in [-0.4, -0.2) is 63.1 Å². The molecule has 0 unspecified atom stereocenters. The third kappa shape index (κ3) is 5.30. The molecule has 12 nitrogen and oxygen atoms in total. The van der Waals surface area contributed by atoms with Crippen molar-refractivity contribution >= 4 is 27.6 Å². The standard InChI is InChI=1S/C21H21ClN8O4S/c1-13(18-25-10-15(22)11-26-18)12-35(31,32)29-21-28-27-19(14-5-4-7-23-9-14)30(21)17-16(33-2)6-8-24-20(17)34-3/h4-11,13H,12H2,1-3H3,(H,28,29)/t13-/m1/s1. The van der Waals surface area contributed by atoms with E-state index in [0.29, 0.717) is 33.7 Å². The third-order valence-electron chi connectivity index (χ3n) is 4.87. The van der Waals surface area contributed by atoms with Crippen molar-refractivity contribution in [3.63, 3.8) is 0 Å². The molecule has 0 amide bonds. The van der Waals surface area contributed by atoms with Crippen LogP contribution in [0.2, 0.25) is 5.02 Å². The second kappa shape index (κ2) is 10.2. The van der Waals surface area contributed by atoms with E-state index in [0.717, 1.165) is 0 Å². The van der Waals surface area contributed by atoms with Gasteiger partial charge in [0.15, 0.2) is 11.5 Å². The van der Waals surface area contributed by atoms with Crippen LogP contribution in [0, 0.1) is 0 Å². The highest BCUT2D eigenvalue weighted by molar-refractivity contribution is 7.92. The quantitative estimate of drug-likeness (QED) is 0.352. The number of aromatic nitrogens is 7. The minimum Gasteiger partial charge on any atom is -0.494 e. The zero-order valence-corrected chi connectivity index (χ0v) is 20.5. The maximum atomic E-state index is 13.1. The van der Waals surface area contributed by atoms with Gasteiger partial charge in [-0.05, 0) is 12.1 Å². The van der Waals surface area contributed by atoms with Gasteiger partial charge in [0.1, 0.15) is 11.6 Å². The van der Waals surface area contributed by atoms with Gasteiger partial charge >= 0.3 is 0 Å². The number of ether oxygens (including phenoxy) is 2. The second-order valence-electron chi connectivity index (χ2n) is 7.34. The summed E-state index contributed by atoms with van der Waals surface area (Å²) in [5.41, 5.74) is 0.898. The number of hydrogen-bond donors (Lipinski definition) is 1. The lowest BCUT2D eigenvalue weighted by Crippen LogP contribution is -2.23. The van der Waals surface area contributed by atoms with Gasteiger partial charge in [0.25, 0.3) is 0 Å². The van der Waals surface area contributed by atoms with Crippen LogP contribution in [-0.2, 0) is 10.0 Å². The molecule has 4 rings (SSSR count). The van der Waals surface area contributed by atoms with Crippen LogP contribution in [0.1, 0.15) is 18.7 Å². The molecule has 4 heterocycles. The van der Waals surface area contributed by atoms with Crippen LogP contribution in [0.25, 0.3) is 17.1 Å². The van der Waals surface area contributed by atoms with Gasteiger partial charge in [0.05, 0.1) is 25.0 Å². The lowest BCUT2D eigenvalue weighted by atomic mass is 10.2. The summed E-state index contributed by atoms with van der Waals surface area (Å²) >= 11 is 5.83. The molecule has 0 aromatic carbocycles. The van der Waals surface area contributed by atoms with Gasteiger partial charge in [-0.15, -0.1) is 10.2 Å². The van der Waals surface area contributed by atoms with Crippen molar-refractivity contribution in [1.82, 2.24) is 34.7 Å². The van der Waals surface area contributed by atoms with E-state index in [4.69, 9.17) is 21.1 Å². The van der Waals surface area contributed by atoms with Crippen molar-refractivity contribution in [3.8, 4) is 28.7 Å². The van der Waals surface area contributed by atoms with Gasteiger partial charge < -0.3 is 9.47 Å².